The molecule has 3 aromatic rings. The Hall–Kier alpha value is -3.55. The molecule has 54 heavy (non-hydrogen) atoms. The molecule has 14 nitrogen and oxygen atoms in total. The van der Waals surface area contributed by atoms with Crippen molar-refractivity contribution >= 4 is 53.3 Å². The van der Waals surface area contributed by atoms with Crippen molar-refractivity contribution in [2.24, 2.45) is 5.92 Å². The van der Waals surface area contributed by atoms with E-state index in [2.05, 4.69) is 21.2 Å². The van der Waals surface area contributed by atoms with Crippen molar-refractivity contribution in [3.8, 4) is 0 Å². The van der Waals surface area contributed by atoms with Crippen LogP contribution in [-0.2, 0) is 42.5 Å². The zero-order chi connectivity index (χ0) is 39.1. The first kappa shape index (κ1) is 40.1. The Labute approximate surface area is 322 Å². The van der Waals surface area contributed by atoms with Crippen molar-refractivity contribution in [2.75, 3.05) is 23.4 Å². The largest absolute Gasteiger partial charge is 0.432 e. The van der Waals surface area contributed by atoms with E-state index in [0.29, 0.717) is 22.5 Å². The van der Waals surface area contributed by atoms with Crippen molar-refractivity contribution in [1.82, 2.24) is 4.90 Å². The molecule has 3 heterocycles. The molecule has 2 saturated heterocycles. The molecule has 16 heteroatoms. The van der Waals surface area contributed by atoms with Gasteiger partial charge in [-0.2, -0.15) is 0 Å². The summed E-state index contributed by atoms with van der Waals surface area (Å²) in [4.78, 5) is 56.4. The summed E-state index contributed by atoms with van der Waals surface area (Å²) in [7, 11) is -3.07. The smallest absolute Gasteiger partial charge is 0.264 e. The molecule has 1 spiro atoms. The van der Waals surface area contributed by atoms with E-state index in [0.717, 1.165) is 10.0 Å². The summed E-state index contributed by atoms with van der Waals surface area (Å²) in [6.45, 7) is 5.77. The monoisotopic (exact) mass is 827 g/mol. The number of benzene rings is 3. The molecular weight excluding hydrogens is 782 g/mol. The van der Waals surface area contributed by atoms with E-state index in [9.17, 15) is 44.7 Å². The minimum atomic E-state index is -3.07. The van der Waals surface area contributed by atoms with Crippen LogP contribution < -0.4 is 10.2 Å². The Balaban J connectivity index is 1.24. The van der Waals surface area contributed by atoms with Crippen LogP contribution in [0.15, 0.2) is 77.3 Å². The molecule has 9 atom stereocenters. The van der Waals surface area contributed by atoms with Gasteiger partial charge in [-0.15, -0.1) is 0 Å². The average Bonchev–Trinajstić information content (AvgIpc) is 3.55. The second-order valence-corrected chi connectivity index (χ2v) is 19.6. The number of nitrogens with one attached hydrogen (secondary N) is 1. The number of rotatable bonds is 11. The number of halogens is 1. The molecule has 6 rings (SSSR count). The number of anilines is 2. The zero-order valence-electron chi connectivity index (χ0n) is 30.1. The van der Waals surface area contributed by atoms with E-state index in [1.165, 1.54) is 0 Å². The van der Waals surface area contributed by atoms with Crippen LogP contribution in [0.2, 0.25) is 18.6 Å². The summed E-state index contributed by atoms with van der Waals surface area (Å²) in [6, 6.07) is 21.5. The third-order valence-corrected chi connectivity index (χ3v) is 13.7. The molecule has 0 saturated carbocycles. The van der Waals surface area contributed by atoms with Gasteiger partial charge in [0.25, 0.3) is 11.8 Å². The minimum absolute atomic E-state index is 0.0915. The van der Waals surface area contributed by atoms with Gasteiger partial charge in [0, 0.05) is 40.3 Å². The van der Waals surface area contributed by atoms with Crippen molar-refractivity contribution in [2.45, 2.75) is 87.5 Å². The number of nitrogens with zero attached hydrogens (tertiary/aromatic N) is 2. The molecule has 0 unspecified atom stereocenters. The van der Waals surface area contributed by atoms with Crippen LogP contribution in [-0.4, -0.2) is 111 Å². The van der Waals surface area contributed by atoms with Crippen LogP contribution in [0.1, 0.15) is 30.0 Å². The number of hydrogen-bond donors (Lipinski definition) is 7. The van der Waals surface area contributed by atoms with Gasteiger partial charge in [-0.25, -0.2) is 0 Å². The SMILES string of the molecule is C[C@H]1[C@H]([Si](C)(C)O)[C@@H](CC(=O)N(CCO)Cc2ccccc2)O[C@]12C(=O)N(Cc1ccc(NC(=O)[C@H]3O[C@@H](O)[C@H](O)[C@@H](O)[C@@H]3O)cc1)c1ccc(Br)cc12. The van der Waals surface area contributed by atoms with E-state index < -0.39 is 68.1 Å². The van der Waals surface area contributed by atoms with Gasteiger partial charge in [-0.05, 0) is 54.6 Å². The topological polar surface area (TPSA) is 210 Å². The first-order valence-corrected chi connectivity index (χ1v) is 21.6. The highest BCUT2D eigenvalue weighted by Crippen LogP contribution is 2.60. The quantitative estimate of drug-likeness (QED) is 0.139. The molecule has 0 aliphatic carbocycles. The van der Waals surface area contributed by atoms with Crippen molar-refractivity contribution in [3.05, 3.63) is 94.0 Å². The number of hydrogen-bond acceptors (Lipinski definition) is 11. The second-order valence-electron chi connectivity index (χ2n) is 14.7. The Morgan fingerprint density at radius 3 is 2.30 bits per heavy atom. The van der Waals surface area contributed by atoms with Crippen LogP contribution in [0.3, 0.4) is 0 Å². The molecule has 0 bridgehead atoms. The molecule has 0 radical (unpaired) electrons. The molecule has 2 fully saturated rings. The molecular formula is C38H46BrN3O11Si. The molecule has 3 amide bonds. The standard InChI is InChI=1S/C38H46BrN3O11Si/c1-21-34(54(2,3)51)28(18-29(44)41(15-16-43)19-22-7-5-4-6-8-22)53-38(21)26-17-24(39)11-14-27(26)42(37(38)50)20-23-9-12-25(13-10-23)40-35(48)33-31(46)30(45)32(47)36(49)52-33/h4-14,17,21,28,30-34,36,43,45-47,49,51H,15-16,18-20H2,1-3H3,(H,40,48)/t21-,28+,30-,31-,32+,33-,34-,36+,38+/m0/s1. The van der Waals surface area contributed by atoms with Crippen LogP contribution in [0.4, 0.5) is 11.4 Å². The fourth-order valence-corrected chi connectivity index (χ4v) is 11.0. The highest BCUT2D eigenvalue weighted by atomic mass is 79.9. The maximum absolute atomic E-state index is 14.8. The van der Waals surface area contributed by atoms with E-state index in [1.807, 2.05) is 55.5 Å². The van der Waals surface area contributed by atoms with Crippen molar-refractivity contribution in [1.29, 1.82) is 0 Å². The van der Waals surface area contributed by atoms with Gasteiger partial charge >= 0.3 is 0 Å². The predicted molar refractivity (Wildman–Crippen MR) is 202 cm³/mol. The summed E-state index contributed by atoms with van der Waals surface area (Å²) in [5.41, 5.74) is 1.15. The maximum atomic E-state index is 14.8. The lowest BCUT2D eigenvalue weighted by molar-refractivity contribution is -0.274. The summed E-state index contributed by atoms with van der Waals surface area (Å²) < 4.78 is 12.6. The third-order valence-electron chi connectivity index (χ3n) is 10.7. The fourth-order valence-electron chi connectivity index (χ4n) is 8.09. The molecule has 290 valence electrons. The van der Waals surface area contributed by atoms with Crippen LogP contribution in [0.25, 0.3) is 0 Å². The Bertz CT molecular complexity index is 1850. The Morgan fingerprint density at radius 1 is 0.963 bits per heavy atom. The van der Waals surface area contributed by atoms with E-state index >= 15 is 0 Å². The third kappa shape index (κ3) is 7.64. The number of aliphatic hydroxyl groups excluding tert-OH is 5. The summed E-state index contributed by atoms with van der Waals surface area (Å²) in [5, 5.41) is 52.1. The number of ether oxygens (including phenoxy) is 2. The summed E-state index contributed by atoms with van der Waals surface area (Å²) in [5.74, 6) is -1.95. The highest BCUT2D eigenvalue weighted by molar-refractivity contribution is 9.10. The Kier molecular flexibility index (Phi) is 11.8. The van der Waals surface area contributed by atoms with Crippen LogP contribution in [0, 0.1) is 5.92 Å². The summed E-state index contributed by atoms with van der Waals surface area (Å²) >= 11 is 3.56. The number of carbonyl (C=O) groups is 3. The lowest BCUT2D eigenvalue weighted by Crippen LogP contribution is -2.60. The van der Waals surface area contributed by atoms with Gasteiger partial charge in [-0.3, -0.25) is 14.4 Å². The molecule has 3 aromatic carbocycles. The van der Waals surface area contributed by atoms with Gasteiger partial charge in [0.1, 0.15) is 18.3 Å². The molecule has 3 aliphatic rings. The zero-order valence-corrected chi connectivity index (χ0v) is 32.7. The molecule has 3 aliphatic heterocycles. The van der Waals surface area contributed by atoms with Crippen molar-refractivity contribution in [3.63, 3.8) is 0 Å². The van der Waals surface area contributed by atoms with Gasteiger partial charge in [0.2, 0.25) is 5.91 Å². The molecule has 7 N–H and O–H groups in total. The number of carbonyl (C=O) groups excluding carboxylic acids is 3. The lowest BCUT2D eigenvalue weighted by Gasteiger charge is -2.37. The number of fused-ring (bicyclic) bond motifs is 2. The van der Waals surface area contributed by atoms with E-state index in [4.69, 9.17) is 9.47 Å². The first-order valence-electron chi connectivity index (χ1n) is 17.8. The van der Waals surface area contributed by atoms with Crippen LogP contribution >= 0.6 is 15.9 Å². The van der Waals surface area contributed by atoms with Gasteiger partial charge in [0.15, 0.2) is 26.3 Å². The van der Waals surface area contributed by atoms with E-state index in [1.54, 1.807) is 47.2 Å². The highest BCUT2D eigenvalue weighted by Gasteiger charge is 2.66. The second kappa shape index (κ2) is 15.9. The minimum Gasteiger partial charge on any atom is -0.432 e. The Morgan fingerprint density at radius 2 is 1.65 bits per heavy atom. The van der Waals surface area contributed by atoms with Gasteiger partial charge in [-0.1, -0.05) is 65.3 Å². The van der Waals surface area contributed by atoms with Gasteiger partial charge < -0.3 is 54.9 Å². The van der Waals surface area contributed by atoms with Crippen LogP contribution in [0.5, 0.6) is 0 Å². The normalized spacial score (nSPS) is 29.4. The first-order chi connectivity index (χ1) is 25.6. The van der Waals surface area contributed by atoms with Crippen molar-refractivity contribution < 1.29 is 54.2 Å². The predicted octanol–water partition coefficient (Wildman–Crippen LogP) is 1.94. The molecule has 0 aromatic heterocycles. The number of aliphatic hydroxyl groups is 5. The van der Waals surface area contributed by atoms with E-state index in [-0.39, 0.29) is 44.5 Å². The average molecular weight is 829 g/mol. The summed E-state index contributed by atoms with van der Waals surface area (Å²) in [6.07, 6.45) is -9.73. The van der Waals surface area contributed by atoms with Gasteiger partial charge in [0.05, 0.1) is 31.4 Å². The fraction of sp³-hybridized carbons (Fsp3) is 0.447. The maximum Gasteiger partial charge on any atom is 0.264 e. The number of amides is 3. The lowest BCUT2D eigenvalue weighted by atomic mass is 9.82.